The number of aryl methyl sites for hydroxylation is 2. The zero-order valence-corrected chi connectivity index (χ0v) is 24.3. The fourth-order valence-corrected chi connectivity index (χ4v) is 5.86. The van der Waals surface area contributed by atoms with E-state index in [1.165, 1.54) is 16.6 Å². The first-order chi connectivity index (χ1) is 18.3. The summed E-state index contributed by atoms with van der Waals surface area (Å²) in [6.07, 6.45) is 4.02. The molecule has 0 spiro atoms. The molecule has 0 atom stereocenters. The van der Waals surface area contributed by atoms with Crippen molar-refractivity contribution in [3.63, 3.8) is 0 Å². The molecule has 0 saturated carbocycles. The summed E-state index contributed by atoms with van der Waals surface area (Å²) in [4.78, 5) is 7.00. The number of aromatic nitrogens is 3. The Hall–Kier alpha value is -3.43. The van der Waals surface area contributed by atoms with E-state index in [0.29, 0.717) is 11.5 Å². The third-order valence-corrected chi connectivity index (χ3v) is 8.36. The van der Waals surface area contributed by atoms with Crippen molar-refractivity contribution >= 4 is 22.5 Å². The number of benzene rings is 3. The van der Waals surface area contributed by atoms with Gasteiger partial charge in [-0.2, -0.15) is 0 Å². The van der Waals surface area contributed by atoms with Crippen LogP contribution in [0, 0.1) is 15.9 Å². The predicted molar refractivity (Wildman–Crippen MR) is 148 cm³/mol. The van der Waals surface area contributed by atoms with Crippen LogP contribution >= 0.6 is 0 Å². The van der Waals surface area contributed by atoms with Crippen LogP contribution in [-0.2, 0) is 38.2 Å². The van der Waals surface area contributed by atoms with Crippen molar-refractivity contribution in [1.29, 1.82) is 0 Å². The average Bonchev–Trinajstić information content (AvgIpc) is 3.18. The molecule has 2 aromatic heterocycles. The van der Waals surface area contributed by atoms with Gasteiger partial charge in [0.2, 0.25) is 0 Å². The second-order valence-electron chi connectivity index (χ2n) is 10.7. The van der Waals surface area contributed by atoms with Crippen molar-refractivity contribution in [3.8, 4) is 17.2 Å². The fourth-order valence-electron chi connectivity index (χ4n) is 5.03. The van der Waals surface area contributed by atoms with Crippen molar-refractivity contribution in [2.45, 2.75) is 39.0 Å². The molecule has 0 amide bonds. The molecule has 1 aliphatic heterocycles. The summed E-state index contributed by atoms with van der Waals surface area (Å²) in [5, 5.41) is 0. The van der Waals surface area contributed by atoms with Crippen LogP contribution in [-0.4, -0.2) is 20.7 Å². The van der Waals surface area contributed by atoms with Gasteiger partial charge in [-0.15, -0.1) is 0 Å². The Morgan fingerprint density at radius 2 is 1.71 bits per heavy atom. The van der Waals surface area contributed by atoms with E-state index < -0.39 is 0 Å². The Bertz CT molecular complexity index is 1710. The number of ether oxygens (including phenoxy) is 1. The first-order valence-corrected chi connectivity index (χ1v) is 14.0. The molecule has 6 rings (SSSR count). The van der Waals surface area contributed by atoms with Gasteiger partial charge in [0, 0.05) is 6.20 Å². The molecular formula is C32H30N4OPt-2. The van der Waals surface area contributed by atoms with Crippen molar-refractivity contribution < 1.29 is 24.1 Å². The van der Waals surface area contributed by atoms with Crippen LogP contribution < -0.4 is 9.64 Å². The number of imidazole rings is 1. The van der Waals surface area contributed by atoms with Gasteiger partial charge < -0.3 is 0 Å². The van der Waals surface area contributed by atoms with Gasteiger partial charge in [0.05, 0.1) is 0 Å². The third-order valence-electron chi connectivity index (χ3n) is 7.09. The second-order valence-corrected chi connectivity index (χ2v) is 11.7. The van der Waals surface area contributed by atoms with Gasteiger partial charge in [-0.1, -0.05) is 20.8 Å². The summed E-state index contributed by atoms with van der Waals surface area (Å²) in [6, 6.07) is 29.9. The van der Waals surface area contributed by atoms with Crippen molar-refractivity contribution in [1.82, 2.24) is 14.1 Å². The molecular weight excluding hydrogens is 651 g/mol. The Balaban J connectivity index is 1.34. The summed E-state index contributed by atoms with van der Waals surface area (Å²) in [5.74, 6) is 2.29. The maximum absolute atomic E-state index is 6.35. The number of pyridine rings is 1. The minimum atomic E-state index is 0.0613. The molecule has 5 aromatic rings. The van der Waals surface area contributed by atoms with E-state index in [-0.39, 0.29) is 5.41 Å². The fraction of sp³-hybridized carbons (Fsp3) is 0.250. The molecule has 0 fully saturated rings. The molecule has 0 saturated heterocycles. The second kappa shape index (κ2) is 9.71. The standard InChI is InChI=1S/C32H30N4O.Pt/c1-32(2,3)24-16-17-33-31(19-24)35-18-8-9-23-14-15-27(21-30(23)35)37-26-11-7-10-25(20-26)36-22-34(4)28-12-5-6-13-29(28)36;/h5-7,10-17,19H,8-9,18H2,1-4H3;/q-2;. The van der Waals surface area contributed by atoms with Crippen LogP contribution in [0.2, 0.25) is 0 Å². The zero-order valence-electron chi connectivity index (χ0n) is 22.1. The zero-order chi connectivity index (χ0) is 26.4. The van der Waals surface area contributed by atoms with Crippen molar-refractivity contribution in [2.75, 3.05) is 11.4 Å². The van der Waals surface area contributed by atoms with E-state index in [9.17, 15) is 0 Å². The number of hydrogen-bond donors (Lipinski definition) is 0. The summed E-state index contributed by atoms with van der Waals surface area (Å²) in [6.45, 7) is 7.61. The summed E-state index contributed by atoms with van der Waals surface area (Å²) < 4.78 is 11.8. The molecule has 0 bridgehead atoms. The monoisotopic (exact) mass is 681 g/mol. The van der Waals surface area contributed by atoms with Gasteiger partial charge >= 0.3 is 191 Å². The molecule has 3 heterocycles. The summed E-state index contributed by atoms with van der Waals surface area (Å²) >= 11 is 2.36. The molecule has 0 N–H and O–H groups in total. The summed E-state index contributed by atoms with van der Waals surface area (Å²) in [5.41, 5.74) is 6.89. The van der Waals surface area contributed by atoms with Crippen LogP contribution in [0.15, 0.2) is 72.9 Å². The van der Waals surface area contributed by atoms with Crippen LogP contribution in [0.25, 0.3) is 16.7 Å². The van der Waals surface area contributed by atoms with Gasteiger partial charge in [0.1, 0.15) is 0 Å². The molecule has 1 aliphatic rings. The Labute approximate surface area is 234 Å². The van der Waals surface area contributed by atoms with E-state index >= 15 is 0 Å². The van der Waals surface area contributed by atoms with Crippen LogP contribution in [0.5, 0.6) is 11.5 Å². The van der Waals surface area contributed by atoms with E-state index in [4.69, 9.17) is 9.72 Å². The van der Waals surface area contributed by atoms with Gasteiger partial charge in [0.25, 0.3) is 0 Å². The first-order valence-electron chi connectivity index (χ1n) is 12.9. The van der Waals surface area contributed by atoms with Crippen LogP contribution in [0.4, 0.5) is 11.5 Å². The van der Waals surface area contributed by atoms with Crippen molar-refractivity contribution in [2.24, 2.45) is 7.05 Å². The predicted octanol–water partition coefficient (Wildman–Crippen LogP) is 7.22. The van der Waals surface area contributed by atoms with Gasteiger partial charge in [-0.3, -0.25) is 0 Å². The minimum absolute atomic E-state index is 0.0613. The molecule has 5 nitrogen and oxygen atoms in total. The Morgan fingerprint density at radius 3 is 2.53 bits per heavy atom. The molecule has 0 aliphatic carbocycles. The number of anilines is 2. The number of fused-ring (bicyclic) bond motifs is 2. The third kappa shape index (κ3) is 4.54. The van der Waals surface area contributed by atoms with E-state index in [0.717, 1.165) is 45.9 Å². The number of nitrogens with zero attached hydrogens (tertiary/aromatic N) is 4. The molecule has 0 unspecified atom stereocenters. The maximum atomic E-state index is 6.35. The molecule has 38 heavy (non-hydrogen) atoms. The SMILES string of the molecule is Cn1[c](=[Pt])n(-c2[c-]c(Oc3[c-]c4c(cc3)CCCN4c3cc(C(C)(C)C)ccn3)ccc2)c2ccccc21. The Morgan fingerprint density at radius 1 is 0.921 bits per heavy atom. The van der Waals surface area contributed by atoms with Crippen LogP contribution in [0.3, 0.4) is 0 Å². The van der Waals surface area contributed by atoms with E-state index in [1.807, 2.05) is 24.4 Å². The van der Waals surface area contributed by atoms with E-state index in [1.54, 1.807) is 0 Å². The molecule has 3 aromatic carbocycles. The van der Waals surface area contributed by atoms with Gasteiger partial charge in [-0.05, 0) is 17.0 Å². The first kappa shape index (κ1) is 24.9. The Kier molecular flexibility index (Phi) is 6.35. The average molecular weight is 682 g/mol. The number of hydrogen-bond acceptors (Lipinski definition) is 3. The van der Waals surface area contributed by atoms with Crippen molar-refractivity contribution in [3.05, 3.63) is 100.0 Å². The number of rotatable bonds is 4. The van der Waals surface area contributed by atoms with Gasteiger partial charge in [-0.25, -0.2) is 0 Å². The molecule has 6 heteroatoms. The molecule has 0 radical (unpaired) electrons. The summed E-state index contributed by atoms with van der Waals surface area (Å²) in [7, 11) is 2.08. The topological polar surface area (TPSA) is 35.2 Å². The van der Waals surface area contributed by atoms with Gasteiger partial charge in [0.15, 0.2) is 0 Å². The normalized spacial score (nSPS) is 13.6. The van der Waals surface area contributed by atoms with Crippen LogP contribution in [0.1, 0.15) is 38.3 Å². The van der Waals surface area contributed by atoms with E-state index in [2.05, 4.69) is 122 Å². The number of para-hydroxylation sites is 2. The quantitative estimate of drug-likeness (QED) is 0.188. The molecule has 196 valence electrons.